The van der Waals surface area contributed by atoms with Crippen molar-refractivity contribution in [2.24, 2.45) is 0 Å². The van der Waals surface area contributed by atoms with Crippen LogP contribution in [0.3, 0.4) is 0 Å². The molecule has 0 saturated carbocycles. The number of rotatable bonds is 3. The molecule has 2 aromatic carbocycles. The van der Waals surface area contributed by atoms with E-state index in [4.69, 9.17) is 0 Å². The van der Waals surface area contributed by atoms with Crippen LogP contribution in [0.2, 0.25) is 0 Å². The van der Waals surface area contributed by atoms with Crippen molar-refractivity contribution in [1.29, 1.82) is 0 Å². The minimum atomic E-state index is -0.0522. The number of likely N-dealkylation sites (tertiary alicyclic amines) is 1. The zero-order valence-corrected chi connectivity index (χ0v) is 16.0. The Kier molecular flexibility index (Phi) is 4.73. The van der Waals surface area contributed by atoms with Crippen molar-refractivity contribution in [3.63, 3.8) is 0 Å². The first-order chi connectivity index (χ1) is 13.0. The van der Waals surface area contributed by atoms with Gasteiger partial charge in [-0.15, -0.1) is 0 Å². The van der Waals surface area contributed by atoms with Gasteiger partial charge in [-0.1, -0.05) is 35.9 Å². The topological polar surface area (TPSA) is 49.4 Å². The number of fused-ring (bicyclic) bond motifs is 1. The molecule has 0 bridgehead atoms. The van der Waals surface area contributed by atoms with Gasteiger partial charge >= 0.3 is 0 Å². The van der Waals surface area contributed by atoms with Gasteiger partial charge in [-0.2, -0.15) is 0 Å². The molecule has 2 amide bonds. The number of nitrogens with zero attached hydrogens (tertiary/aromatic N) is 1. The average Bonchev–Trinajstić information content (AvgIpc) is 3.27. The zero-order chi connectivity index (χ0) is 19.0. The Labute approximate surface area is 160 Å². The van der Waals surface area contributed by atoms with Gasteiger partial charge < -0.3 is 10.2 Å². The molecule has 1 heterocycles. The van der Waals surface area contributed by atoms with Crippen LogP contribution in [0.15, 0.2) is 42.5 Å². The van der Waals surface area contributed by atoms with E-state index in [0.717, 1.165) is 18.4 Å². The predicted octanol–water partition coefficient (Wildman–Crippen LogP) is 3.23. The SMILES string of the molecule is CC(=O)N[C@H]1CN(C(=O)c2ccc3c(c2)CCC3)C[C@@H]1c1ccc(C)cc1. The number of hydrogen-bond donors (Lipinski definition) is 1. The fourth-order valence-electron chi connectivity index (χ4n) is 4.42. The van der Waals surface area contributed by atoms with Gasteiger partial charge in [0, 0.05) is 31.5 Å². The Morgan fingerprint density at radius 3 is 2.48 bits per heavy atom. The lowest BCUT2D eigenvalue weighted by Gasteiger charge is -2.19. The predicted molar refractivity (Wildman–Crippen MR) is 106 cm³/mol. The highest BCUT2D eigenvalue weighted by Gasteiger charge is 2.37. The van der Waals surface area contributed by atoms with Crippen molar-refractivity contribution in [1.82, 2.24) is 10.2 Å². The molecule has 0 aromatic heterocycles. The minimum Gasteiger partial charge on any atom is -0.351 e. The third kappa shape index (κ3) is 3.61. The van der Waals surface area contributed by atoms with Crippen LogP contribution in [-0.2, 0) is 17.6 Å². The van der Waals surface area contributed by atoms with Crippen LogP contribution in [-0.4, -0.2) is 35.8 Å². The fraction of sp³-hybridized carbons (Fsp3) is 0.391. The Hall–Kier alpha value is -2.62. The maximum Gasteiger partial charge on any atom is 0.253 e. The monoisotopic (exact) mass is 362 g/mol. The first-order valence-electron chi connectivity index (χ1n) is 9.76. The molecule has 1 fully saturated rings. The van der Waals surface area contributed by atoms with Crippen molar-refractivity contribution in [2.75, 3.05) is 13.1 Å². The van der Waals surface area contributed by atoms with Gasteiger partial charge in [0.25, 0.3) is 5.91 Å². The quantitative estimate of drug-likeness (QED) is 0.911. The molecular weight excluding hydrogens is 336 g/mol. The molecule has 4 heteroatoms. The number of amides is 2. The lowest BCUT2D eigenvalue weighted by molar-refractivity contribution is -0.119. The van der Waals surface area contributed by atoms with Crippen molar-refractivity contribution >= 4 is 11.8 Å². The Morgan fingerprint density at radius 2 is 1.74 bits per heavy atom. The molecule has 1 aliphatic carbocycles. The Balaban J connectivity index is 1.57. The van der Waals surface area contributed by atoms with Gasteiger partial charge in [-0.25, -0.2) is 0 Å². The van der Waals surface area contributed by atoms with E-state index in [1.807, 2.05) is 11.0 Å². The molecule has 0 unspecified atom stereocenters. The highest BCUT2D eigenvalue weighted by molar-refractivity contribution is 5.95. The van der Waals surface area contributed by atoms with E-state index in [2.05, 4.69) is 48.6 Å². The highest BCUT2D eigenvalue weighted by atomic mass is 16.2. The number of benzene rings is 2. The molecule has 2 aromatic rings. The van der Waals surface area contributed by atoms with Gasteiger partial charge in [0.05, 0.1) is 6.04 Å². The fourth-order valence-corrected chi connectivity index (χ4v) is 4.42. The second kappa shape index (κ2) is 7.18. The molecule has 27 heavy (non-hydrogen) atoms. The maximum absolute atomic E-state index is 13.1. The summed E-state index contributed by atoms with van der Waals surface area (Å²) in [5, 5.41) is 3.05. The summed E-state index contributed by atoms with van der Waals surface area (Å²) >= 11 is 0. The highest BCUT2D eigenvalue weighted by Crippen LogP contribution is 2.30. The molecule has 0 spiro atoms. The van der Waals surface area contributed by atoms with Crippen molar-refractivity contribution in [2.45, 2.75) is 45.1 Å². The lowest BCUT2D eigenvalue weighted by Crippen LogP contribution is -2.39. The smallest absolute Gasteiger partial charge is 0.253 e. The van der Waals surface area contributed by atoms with E-state index < -0.39 is 0 Å². The third-order valence-electron chi connectivity index (χ3n) is 5.85. The van der Waals surface area contributed by atoms with Gasteiger partial charge in [0.15, 0.2) is 0 Å². The molecule has 140 valence electrons. The molecule has 1 saturated heterocycles. The molecule has 2 aliphatic rings. The largest absolute Gasteiger partial charge is 0.351 e. The lowest BCUT2D eigenvalue weighted by atomic mass is 9.93. The Bertz CT molecular complexity index is 872. The van der Waals surface area contributed by atoms with E-state index >= 15 is 0 Å². The first kappa shape index (κ1) is 17.8. The van der Waals surface area contributed by atoms with Crippen LogP contribution in [0.4, 0.5) is 0 Å². The molecule has 0 radical (unpaired) electrons. The average molecular weight is 362 g/mol. The summed E-state index contributed by atoms with van der Waals surface area (Å²) in [6, 6.07) is 14.5. The second-order valence-corrected chi connectivity index (χ2v) is 7.87. The molecule has 4 nitrogen and oxygen atoms in total. The molecule has 1 aliphatic heterocycles. The molecule has 2 atom stereocenters. The Morgan fingerprint density at radius 1 is 1.00 bits per heavy atom. The van der Waals surface area contributed by atoms with E-state index in [9.17, 15) is 9.59 Å². The molecule has 1 N–H and O–H groups in total. The van der Waals surface area contributed by atoms with Crippen LogP contribution in [0.5, 0.6) is 0 Å². The van der Waals surface area contributed by atoms with Gasteiger partial charge in [-0.3, -0.25) is 9.59 Å². The minimum absolute atomic E-state index is 0.0519. The summed E-state index contributed by atoms with van der Waals surface area (Å²) in [4.78, 5) is 26.7. The van der Waals surface area contributed by atoms with Crippen LogP contribution < -0.4 is 5.32 Å². The van der Waals surface area contributed by atoms with E-state index in [-0.39, 0.29) is 23.8 Å². The molecular formula is C23H26N2O2. The number of aryl methyl sites for hydroxylation is 3. The standard InChI is InChI=1S/C23H26N2O2/c1-15-6-8-18(9-7-15)21-13-25(14-22(21)24-16(2)26)23(27)20-11-10-17-4-3-5-19(17)12-20/h6-12,21-22H,3-5,13-14H2,1-2H3,(H,24,26)/t21-,22+/m1/s1. The van der Waals surface area contributed by atoms with Gasteiger partial charge in [0.2, 0.25) is 5.91 Å². The van der Waals surface area contributed by atoms with Crippen LogP contribution in [0, 0.1) is 6.92 Å². The molecule has 4 rings (SSSR count). The summed E-state index contributed by atoms with van der Waals surface area (Å²) in [6.07, 6.45) is 3.36. The summed E-state index contributed by atoms with van der Waals surface area (Å²) in [5.74, 6) is 0.131. The van der Waals surface area contributed by atoms with Crippen LogP contribution in [0.25, 0.3) is 0 Å². The summed E-state index contributed by atoms with van der Waals surface area (Å²) < 4.78 is 0. The van der Waals surface area contributed by atoms with Crippen molar-refractivity contribution in [3.05, 3.63) is 70.3 Å². The van der Waals surface area contributed by atoms with E-state index in [0.29, 0.717) is 13.1 Å². The number of nitrogens with one attached hydrogen (secondary N) is 1. The van der Waals surface area contributed by atoms with Crippen molar-refractivity contribution in [3.8, 4) is 0 Å². The van der Waals surface area contributed by atoms with Crippen molar-refractivity contribution < 1.29 is 9.59 Å². The van der Waals surface area contributed by atoms with E-state index in [1.54, 1.807) is 0 Å². The summed E-state index contributed by atoms with van der Waals surface area (Å²) in [7, 11) is 0. The first-order valence-corrected chi connectivity index (χ1v) is 9.76. The number of carbonyl (C=O) groups is 2. The summed E-state index contributed by atoms with van der Waals surface area (Å²) in [5.41, 5.74) is 5.83. The van der Waals surface area contributed by atoms with Crippen LogP contribution in [0.1, 0.15) is 51.9 Å². The van der Waals surface area contributed by atoms with Gasteiger partial charge in [0.1, 0.15) is 0 Å². The zero-order valence-electron chi connectivity index (χ0n) is 16.0. The summed E-state index contributed by atoms with van der Waals surface area (Å²) in [6.45, 7) is 4.78. The maximum atomic E-state index is 13.1. The third-order valence-corrected chi connectivity index (χ3v) is 5.85. The normalized spacial score (nSPS) is 21.2. The van der Waals surface area contributed by atoms with Gasteiger partial charge in [-0.05, 0) is 55.0 Å². The van der Waals surface area contributed by atoms with Crippen LogP contribution >= 0.6 is 0 Å². The second-order valence-electron chi connectivity index (χ2n) is 7.87. The number of carbonyl (C=O) groups excluding carboxylic acids is 2. The van der Waals surface area contributed by atoms with E-state index in [1.165, 1.54) is 35.6 Å². The number of hydrogen-bond acceptors (Lipinski definition) is 2.